The molecule has 2 rings (SSSR count). The fraction of sp³-hybridized carbons (Fsp3) is 0.214. The number of nitrogens with zero attached hydrogens (tertiary/aromatic N) is 2. The summed E-state index contributed by atoms with van der Waals surface area (Å²) in [6.45, 7) is 0. The van der Waals surface area contributed by atoms with Crippen molar-refractivity contribution in [1.82, 2.24) is 9.55 Å². The minimum Gasteiger partial charge on any atom is -0.481 e. The molecular formula is C14H15N3O3. The van der Waals surface area contributed by atoms with Crippen LogP contribution in [0.1, 0.15) is 22.5 Å². The lowest BCUT2D eigenvalue weighted by molar-refractivity contribution is -0.136. The van der Waals surface area contributed by atoms with Crippen LogP contribution in [0.3, 0.4) is 0 Å². The first kappa shape index (κ1) is 13.8. The molecular weight excluding hydrogens is 258 g/mol. The summed E-state index contributed by atoms with van der Waals surface area (Å²) in [7, 11) is 1.73. The molecule has 0 saturated carbocycles. The zero-order valence-corrected chi connectivity index (χ0v) is 11.0. The third kappa shape index (κ3) is 3.23. The third-order valence-corrected chi connectivity index (χ3v) is 2.92. The fourth-order valence-corrected chi connectivity index (χ4v) is 1.86. The minimum absolute atomic E-state index is 0.0264. The molecule has 6 heteroatoms. The predicted octanol–water partition coefficient (Wildman–Crippen LogP) is 1.69. The lowest BCUT2D eigenvalue weighted by atomic mass is 10.1. The summed E-state index contributed by atoms with van der Waals surface area (Å²) >= 11 is 0. The number of carbonyl (C=O) groups excluding carboxylic acids is 1. The number of imidazole rings is 1. The zero-order valence-electron chi connectivity index (χ0n) is 11.0. The van der Waals surface area contributed by atoms with Crippen LogP contribution in [0.25, 0.3) is 0 Å². The van der Waals surface area contributed by atoms with E-state index in [0.717, 1.165) is 5.56 Å². The summed E-state index contributed by atoms with van der Waals surface area (Å²) in [5.74, 6) is -1.13. The number of nitrogens with one attached hydrogen (secondary N) is 1. The standard InChI is InChI=1S/C14H15N3O3/c1-17-9-15-8-12(17)14(20)16-11-5-3-2-4-10(11)6-7-13(18)19/h2-5,8-9H,6-7H2,1H3,(H,16,20)(H,18,19). The number of anilines is 1. The summed E-state index contributed by atoms with van der Waals surface area (Å²) in [6.07, 6.45) is 3.43. The van der Waals surface area contributed by atoms with Crippen molar-refractivity contribution in [1.29, 1.82) is 0 Å². The Labute approximate surface area is 116 Å². The van der Waals surface area contributed by atoms with Crippen LogP contribution in [-0.4, -0.2) is 26.5 Å². The average molecular weight is 273 g/mol. The summed E-state index contributed by atoms with van der Waals surface area (Å²) < 4.78 is 1.62. The highest BCUT2D eigenvalue weighted by Crippen LogP contribution is 2.17. The molecule has 0 radical (unpaired) electrons. The van der Waals surface area contributed by atoms with Gasteiger partial charge in [0.15, 0.2) is 0 Å². The van der Waals surface area contributed by atoms with Gasteiger partial charge in [-0.15, -0.1) is 0 Å². The minimum atomic E-state index is -0.863. The van der Waals surface area contributed by atoms with Gasteiger partial charge in [0, 0.05) is 19.2 Å². The Morgan fingerprint density at radius 1 is 1.35 bits per heavy atom. The highest BCUT2D eigenvalue weighted by molar-refractivity contribution is 6.03. The molecule has 0 bridgehead atoms. The molecule has 2 N–H and O–H groups in total. The van der Waals surface area contributed by atoms with Crippen LogP contribution in [0.2, 0.25) is 0 Å². The summed E-state index contributed by atoms with van der Waals surface area (Å²) in [5.41, 5.74) is 1.86. The molecule has 1 aromatic heterocycles. The number of aryl methyl sites for hydroxylation is 2. The maximum Gasteiger partial charge on any atom is 0.303 e. The summed E-state index contributed by atoms with van der Waals surface area (Å²) in [5, 5.41) is 11.5. The number of benzene rings is 1. The number of carbonyl (C=O) groups is 2. The fourth-order valence-electron chi connectivity index (χ4n) is 1.86. The van der Waals surface area contributed by atoms with E-state index in [2.05, 4.69) is 10.3 Å². The van der Waals surface area contributed by atoms with Gasteiger partial charge in [0.05, 0.1) is 12.5 Å². The Bertz CT molecular complexity index is 634. The van der Waals surface area contributed by atoms with Gasteiger partial charge in [-0.2, -0.15) is 0 Å². The quantitative estimate of drug-likeness (QED) is 0.868. The Morgan fingerprint density at radius 3 is 2.75 bits per heavy atom. The van der Waals surface area contributed by atoms with Crippen LogP contribution in [0, 0.1) is 0 Å². The number of para-hydroxylation sites is 1. The van der Waals surface area contributed by atoms with Gasteiger partial charge in [-0.3, -0.25) is 9.59 Å². The van der Waals surface area contributed by atoms with Crippen LogP contribution in [0.5, 0.6) is 0 Å². The van der Waals surface area contributed by atoms with Crippen molar-refractivity contribution in [3.05, 3.63) is 48.0 Å². The van der Waals surface area contributed by atoms with Gasteiger partial charge < -0.3 is 15.0 Å². The molecule has 0 saturated heterocycles. The summed E-state index contributed by atoms with van der Waals surface area (Å²) in [6, 6.07) is 7.17. The maximum atomic E-state index is 12.1. The van der Waals surface area contributed by atoms with Crippen LogP contribution >= 0.6 is 0 Å². The molecule has 1 amide bonds. The van der Waals surface area contributed by atoms with E-state index in [4.69, 9.17) is 5.11 Å². The SMILES string of the molecule is Cn1cncc1C(=O)Nc1ccccc1CCC(=O)O. The number of aliphatic carboxylic acids is 1. The van der Waals surface area contributed by atoms with Crippen molar-refractivity contribution in [3.63, 3.8) is 0 Å². The second-order valence-electron chi connectivity index (χ2n) is 4.39. The smallest absolute Gasteiger partial charge is 0.303 e. The van der Waals surface area contributed by atoms with E-state index < -0.39 is 5.97 Å². The van der Waals surface area contributed by atoms with Crippen LogP contribution < -0.4 is 5.32 Å². The van der Waals surface area contributed by atoms with E-state index in [1.165, 1.54) is 6.20 Å². The molecule has 0 atom stereocenters. The monoisotopic (exact) mass is 273 g/mol. The number of rotatable bonds is 5. The van der Waals surface area contributed by atoms with E-state index in [1.54, 1.807) is 30.1 Å². The molecule has 1 aromatic carbocycles. The number of carboxylic acids is 1. The van der Waals surface area contributed by atoms with E-state index in [1.807, 2.05) is 12.1 Å². The van der Waals surface area contributed by atoms with Gasteiger partial charge in [-0.25, -0.2) is 4.98 Å². The lowest BCUT2D eigenvalue weighted by Crippen LogP contribution is -2.16. The lowest BCUT2D eigenvalue weighted by Gasteiger charge is -2.10. The number of carboxylic acid groups (broad SMARTS) is 1. The highest BCUT2D eigenvalue weighted by Gasteiger charge is 2.12. The molecule has 0 spiro atoms. The second kappa shape index (κ2) is 6.01. The molecule has 0 aliphatic heterocycles. The van der Waals surface area contributed by atoms with E-state index >= 15 is 0 Å². The second-order valence-corrected chi connectivity index (χ2v) is 4.39. The van der Waals surface area contributed by atoms with Crippen LogP contribution in [0.15, 0.2) is 36.8 Å². The van der Waals surface area contributed by atoms with Gasteiger partial charge in [0.2, 0.25) is 0 Å². The Hall–Kier alpha value is -2.63. The van der Waals surface area contributed by atoms with Crippen LogP contribution in [-0.2, 0) is 18.3 Å². The highest BCUT2D eigenvalue weighted by atomic mass is 16.4. The van der Waals surface area contributed by atoms with Gasteiger partial charge in [-0.1, -0.05) is 18.2 Å². The van der Waals surface area contributed by atoms with Gasteiger partial charge in [0.25, 0.3) is 5.91 Å². The molecule has 1 heterocycles. The Balaban J connectivity index is 2.15. The third-order valence-electron chi connectivity index (χ3n) is 2.92. The maximum absolute atomic E-state index is 12.1. The predicted molar refractivity (Wildman–Crippen MR) is 73.6 cm³/mol. The van der Waals surface area contributed by atoms with Crippen molar-refractivity contribution in [3.8, 4) is 0 Å². The zero-order chi connectivity index (χ0) is 14.5. The number of amides is 1. The molecule has 0 aliphatic rings. The van der Waals surface area contributed by atoms with Gasteiger partial charge >= 0.3 is 5.97 Å². The van der Waals surface area contributed by atoms with Crippen molar-refractivity contribution < 1.29 is 14.7 Å². The van der Waals surface area contributed by atoms with E-state index in [-0.39, 0.29) is 12.3 Å². The first-order valence-electron chi connectivity index (χ1n) is 6.15. The first-order chi connectivity index (χ1) is 9.58. The van der Waals surface area contributed by atoms with Crippen molar-refractivity contribution in [2.75, 3.05) is 5.32 Å². The van der Waals surface area contributed by atoms with Crippen molar-refractivity contribution >= 4 is 17.6 Å². The number of hydrogen-bond donors (Lipinski definition) is 2. The molecule has 6 nitrogen and oxygen atoms in total. The largest absolute Gasteiger partial charge is 0.481 e. The van der Waals surface area contributed by atoms with Gasteiger partial charge in [-0.05, 0) is 18.1 Å². The number of hydrogen-bond acceptors (Lipinski definition) is 3. The van der Waals surface area contributed by atoms with Gasteiger partial charge in [0.1, 0.15) is 5.69 Å². The van der Waals surface area contributed by atoms with E-state index in [9.17, 15) is 9.59 Å². The van der Waals surface area contributed by atoms with Crippen molar-refractivity contribution in [2.24, 2.45) is 7.05 Å². The number of aromatic nitrogens is 2. The van der Waals surface area contributed by atoms with Crippen molar-refractivity contribution in [2.45, 2.75) is 12.8 Å². The molecule has 0 unspecified atom stereocenters. The molecule has 20 heavy (non-hydrogen) atoms. The topological polar surface area (TPSA) is 84.2 Å². The molecule has 0 aliphatic carbocycles. The normalized spacial score (nSPS) is 10.2. The van der Waals surface area contributed by atoms with Crippen LogP contribution in [0.4, 0.5) is 5.69 Å². The average Bonchev–Trinajstić information content (AvgIpc) is 2.84. The Morgan fingerprint density at radius 2 is 2.10 bits per heavy atom. The molecule has 0 fully saturated rings. The van der Waals surface area contributed by atoms with E-state index in [0.29, 0.717) is 17.8 Å². The first-order valence-corrected chi connectivity index (χ1v) is 6.15. The molecule has 2 aromatic rings. The molecule has 104 valence electrons. The Kier molecular flexibility index (Phi) is 4.14. The summed E-state index contributed by atoms with van der Waals surface area (Å²) in [4.78, 5) is 26.6.